The zero-order valence-electron chi connectivity index (χ0n) is 9.92. The molecule has 2 heterocycles. The first-order valence-electron chi connectivity index (χ1n) is 5.45. The Labute approximate surface area is 113 Å². The number of halogens is 1. The van der Waals surface area contributed by atoms with Crippen molar-refractivity contribution in [3.63, 3.8) is 0 Å². The first-order valence-corrected chi connectivity index (χ1v) is 5.82. The van der Waals surface area contributed by atoms with Gasteiger partial charge in [-0.15, -0.1) is 0 Å². The highest BCUT2D eigenvalue weighted by Crippen LogP contribution is 2.29. The van der Waals surface area contributed by atoms with Gasteiger partial charge in [0.1, 0.15) is 16.9 Å². The Morgan fingerprint density at radius 2 is 2.05 bits per heavy atom. The van der Waals surface area contributed by atoms with Gasteiger partial charge in [0.15, 0.2) is 5.65 Å². The molecule has 0 aliphatic carbocycles. The van der Waals surface area contributed by atoms with E-state index in [1.807, 2.05) is 12.1 Å². The summed E-state index contributed by atoms with van der Waals surface area (Å²) in [6.45, 7) is 0. The first-order chi connectivity index (χ1) is 9.26. The quantitative estimate of drug-likeness (QED) is 0.745. The average molecular weight is 277 g/mol. The number of hydrogen-bond donors (Lipinski definition) is 1. The molecule has 0 radical (unpaired) electrons. The number of ether oxygens (including phenoxy) is 2. The van der Waals surface area contributed by atoms with Gasteiger partial charge in [-0.1, -0.05) is 6.07 Å². The summed E-state index contributed by atoms with van der Waals surface area (Å²) >= 11 is 5.83. The van der Waals surface area contributed by atoms with Gasteiger partial charge in [0, 0.05) is 6.07 Å². The zero-order chi connectivity index (χ0) is 13.2. The number of aromatic amines is 1. The zero-order valence-corrected chi connectivity index (χ0v) is 10.7. The third-order valence-corrected chi connectivity index (χ3v) is 2.67. The maximum absolute atomic E-state index is 5.83. The molecule has 1 aromatic carbocycles. The predicted molar refractivity (Wildman–Crippen MR) is 69.8 cm³/mol. The molecule has 0 atom stereocenters. The molecule has 0 aliphatic rings. The summed E-state index contributed by atoms with van der Waals surface area (Å²) < 4.78 is 10.8. The highest BCUT2D eigenvalue weighted by atomic mass is 35.5. The lowest BCUT2D eigenvalue weighted by Gasteiger charge is -2.07. The van der Waals surface area contributed by atoms with Crippen LogP contribution in [-0.4, -0.2) is 27.3 Å². The van der Waals surface area contributed by atoms with E-state index < -0.39 is 0 Å². The topological polar surface area (TPSA) is 72.9 Å². The lowest BCUT2D eigenvalue weighted by atomic mass is 10.3. The lowest BCUT2D eigenvalue weighted by molar-refractivity contribution is 0.408. The number of hydrogen-bond acceptors (Lipinski definition) is 5. The van der Waals surface area contributed by atoms with Crippen molar-refractivity contribution in [1.29, 1.82) is 0 Å². The summed E-state index contributed by atoms with van der Waals surface area (Å²) in [5, 5.41) is 7.36. The van der Waals surface area contributed by atoms with Crippen LogP contribution in [-0.2, 0) is 0 Å². The molecule has 7 heteroatoms. The van der Waals surface area contributed by atoms with Crippen LogP contribution in [0.2, 0.25) is 5.28 Å². The van der Waals surface area contributed by atoms with Crippen molar-refractivity contribution in [1.82, 2.24) is 20.2 Å². The molecule has 2 aromatic heterocycles. The third-order valence-electron chi connectivity index (χ3n) is 2.50. The minimum Gasteiger partial charge on any atom is -0.497 e. The number of nitrogens with zero attached hydrogens (tertiary/aromatic N) is 3. The molecule has 6 nitrogen and oxygen atoms in total. The van der Waals surface area contributed by atoms with Gasteiger partial charge >= 0.3 is 0 Å². The van der Waals surface area contributed by atoms with E-state index in [1.54, 1.807) is 25.4 Å². The molecule has 0 unspecified atom stereocenters. The Hall–Kier alpha value is -2.34. The number of fused-ring (bicyclic) bond motifs is 1. The van der Waals surface area contributed by atoms with E-state index in [0.29, 0.717) is 28.4 Å². The van der Waals surface area contributed by atoms with Crippen molar-refractivity contribution in [2.45, 2.75) is 0 Å². The van der Waals surface area contributed by atoms with Crippen molar-refractivity contribution in [2.24, 2.45) is 0 Å². The second kappa shape index (κ2) is 4.74. The fourth-order valence-electron chi connectivity index (χ4n) is 1.64. The van der Waals surface area contributed by atoms with E-state index in [-0.39, 0.29) is 5.28 Å². The molecule has 19 heavy (non-hydrogen) atoms. The standard InChI is InChI=1S/C12H9ClN4O2/c1-18-7-3-2-4-8(5-7)19-11-9-6-14-17-10(9)15-12(13)16-11/h2-6H,1H3,(H,14,15,16,17). The summed E-state index contributed by atoms with van der Waals surface area (Å²) in [7, 11) is 1.59. The highest BCUT2D eigenvalue weighted by molar-refractivity contribution is 6.28. The highest BCUT2D eigenvalue weighted by Gasteiger charge is 2.10. The van der Waals surface area contributed by atoms with E-state index in [1.165, 1.54) is 0 Å². The fraction of sp³-hybridized carbons (Fsp3) is 0.0833. The van der Waals surface area contributed by atoms with Crippen LogP contribution >= 0.6 is 11.6 Å². The molecule has 0 fully saturated rings. The van der Waals surface area contributed by atoms with Gasteiger partial charge < -0.3 is 9.47 Å². The largest absolute Gasteiger partial charge is 0.497 e. The minimum atomic E-state index is 0.0923. The van der Waals surface area contributed by atoms with Crippen molar-refractivity contribution < 1.29 is 9.47 Å². The third kappa shape index (κ3) is 2.30. The first kappa shape index (κ1) is 11.7. The molecule has 0 bridgehead atoms. The summed E-state index contributed by atoms with van der Waals surface area (Å²) in [6, 6.07) is 7.20. The van der Waals surface area contributed by atoms with Crippen LogP contribution in [0.5, 0.6) is 17.4 Å². The normalized spacial score (nSPS) is 10.6. The smallest absolute Gasteiger partial charge is 0.234 e. The van der Waals surface area contributed by atoms with Gasteiger partial charge in [0.25, 0.3) is 0 Å². The number of H-pyrrole nitrogens is 1. The summed E-state index contributed by atoms with van der Waals surface area (Å²) in [6.07, 6.45) is 1.58. The van der Waals surface area contributed by atoms with Gasteiger partial charge in [0.05, 0.1) is 13.3 Å². The summed E-state index contributed by atoms with van der Waals surface area (Å²) in [5.74, 6) is 1.63. The van der Waals surface area contributed by atoms with E-state index in [0.717, 1.165) is 0 Å². The molecular formula is C12H9ClN4O2. The van der Waals surface area contributed by atoms with Crippen LogP contribution in [0.15, 0.2) is 30.5 Å². The van der Waals surface area contributed by atoms with E-state index in [9.17, 15) is 0 Å². The summed E-state index contributed by atoms with van der Waals surface area (Å²) in [4.78, 5) is 8.06. The van der Waals surface area contributed by atoms with Crippen LogP contribution in [0.3, 0.4) is 0 Å². The minimum absolute atomic E-state index is 0.0923. The van der Waals surface area contributed by atoms with Crippen LogP contribution in [0.25, 0.3) is 11.0 Å². The van der Waals surface area contributed by atoms with Crippen molar-refractivity contribution >= 4 is 22.6 Å². The number of nitrogens with one attached hydrogen (secondary N) is 1. The van der Waals surface area contributed by atoms with Gasteiger partial charge in [-0.25, -0.2) is 0 Å². The number of rotatable bonds is 3. The Morgan fingerprint density at radius 3 is 2.89 bits per heavy atom. The molecular weight excluding hydrogens is 268 g/mol. The molecule has 0 spiro atoms. The number of methoxy groups -OCH3 is 1. The second-order valence-corrected chi connectivity index (χ2v) is 4.05. The second-order valence-electron chi connectivity index (χ2n) is 3.71. The average Bonchev–Trinajstić information content (AvgIpc) is 2.87. The molecule has 0 amide bonds. The lowest BCUT2D eigenvalue weighted by Crippen LogP contribution is -1.92. The van der Waals surface area contributed by atoms with E-state index >= 15 is 0 Å². The maximum atomic E-state index is 5.83. The van der Waals surface area contributed by atoms with Crippen LogP contribution in [0.4, 0.5) is 0 Å². The van der Waals surface area contributed by atoms with Gasteiger partial charge in [-0.05, 0) is 23.7 Å². The fourth-order valence-corrected chi connectivity index (χ4v) is 1.80. The van der Waals surface area contributed by atoms with Crippen LogP contribution < -0.4 is 9.47 Å². The Morgan fingerprint density at radius 1 is 1.21 bits per heavy atom. The Kier molecular flexibility index (Phi) is 2.92. The van der Waals surface area contributed by atoms with Crippen LogP contribution in [0.1, 0.15) is 0 Å². The molecule has 96 valence electrons. The van der Waals surface area contributed by atoms with Crippen molar-refractivity contribution in [3.05, 3.63) is 35.7 Å². The number of benzene rings is 1. The molecule has 0 aliphatic heterocycles. The Balaban J connectivity index is 2.02. The molecule has 3 rings (SSSR count). The number of aromatic nitrogens is 4. The van der Waals surface area contributed by atoms with E-state index in [2.05, 4.69) is 20.2 Å². The molecule has 3 aromatic rings. The van der Waals surface area contributed by atoms with Gasteiger partial charge in [-0.2, -0.15) is 15.1 Å². The van der Waals surface area contributed by atoms with Crippen molar-refractivity contribution in [3.8, 4) is 17.4 Å². The van der Waals surface area contributed by atoms with E-state index in [4.69, 9.17) is 21.1 Å². The predicted octanol–water partition coefficient (Wildman–Crippen LogP) is 2.81. The molecule has 0 saturated heterocycles. The van der Waals surface area contributed by atoms with Crippen molar-refractivity contribution in [2.75, 3.05) is 7.11 Å². The molecule has 0 saturated carbocycles. The monoisotopic (exact) mass is 276 g/mol. The Bertz CT molecular complexity index is 729. The van der Waals surface area contributed by atoms with Crippen LogP contribution in [0, 0.1) is 0 Å². The SMILES string of the molecule is COc1cccc(Oc2nc(Cl)nc3[nH]ncc23)c1. The van der Waals surface area contributed by atoms with Gasteiger partial charge in [0.2, 0.25) is 11.2 Å². The van der Waals surface area contributed by atoms with Gasteiger partial charge in [-0.3, -0.25) is 5.10 Å². The maximum Gasteiger partial charge on any atom is 0.234 e. The summed E-state index contributed by atoms with van der Waals surface area (Å²) in [5.41, 5.74) is 0.526. The molecule has 1 N–H and O–H groups in total.